The van der Waals surface area contributed by atoms with Crippen LogP contribution in [-0.2, 0) is 19.0 Å². The molecule has 2 amide bonds. The number of hydrogen-bond donors (Lipinski definition) is 1. The number of carboxylic acids is 1. The lowest BCUT2D eigenvalue weighted by Crippen LogP contribution is -2.44. The molecule has 2 fully saturated rings. The summed E-state index contributed by atoms with van der Waals surface area (Å²) in [6.45, 7) is 7.86. The van der Waals surface area contributed by atoms with E-state index in [0.29, 0.717) is 26.2 Å². The van der Waals surface area contributed by atoms with Crippen LogP contribution in [0.3, 0.4) is 0 Å². The van der Waals surface area contributed by atoms with E-state index in [2.05, 4.69) is 24.3 Å². The molecule has 2 aliphatic heterocycles. The molecule has 2 aromatic carbocycles. The Kier molecular flexibility index (Phi) is 8.54. The summed E-state index contributed by atoms with van der Waals surface area (Å²) in [5.74, 6) is -0.633. The van der Waals surface area contributed by atoms with Gasteiger partial charge in [-0.25, -0.2) is 14.4 Å². The topological polar surface area (TPSA) is 106 Å². The van der Waals surface area contributed by atoms with Crippen LogP contribution in [-0.4, -0.2) is 84.7 Å². The number of carbonyl (C=O) groups excluding carboxylic acids is 2. The van der Waals surface area contributed by atoms with Crippen molar-refractivity contribution in [3.63, 3.8) is 0 Å². The Hall–Kier alpha value is -3.59. The van der Waals surface area contributed by atoms with Crippen molar-refractivity contribution in [1.82, 2.24) is 9.80 Å². The highest BCUT2D eigenvalue weighted by Gasteiger charge is 2.42. The van der Waals surface area contributed by atoms with E-state index in [9.17, 15) is 14.4 Å². The van der Waals surface area contributed by atoms with Crippen LogP contribution >= 0.6 is 0 Å². The summed E-state index contributed by atoms with van der Waals surface area (Å²) < 4.78 is 17.0. The van der Waals surface area contributed by atoms with Crippen LogP contribution < -0.4 is 0 Å². The van der Waals surface area contributed by atoms with Crippen LogP contribution in [0.2, 0.25) is 0 Å². The quantitative estimate of drug-likeness (QED) is 0.491. The third-order valence-corrected chi connectivity index (χ3v) is 8.44. The Morgan fingerprint density at radius 3 is 2.05 bits per heavy atom. The third-order valence-electron chi connectivity index (χ3n) is 8.44. The Labute approximate surface area is 241 Å². The predicted molar refractivity (Wildman–Crippen MR) is 153 cm³/mol. The molecular formula is C32H40N2O7. The van der Waals surface area contributed by atoms with Gasteiger partial charge in [-0.3, -0.25) is 0 Å². The summed E-state index contributed by atoms with van der Waals surface area (Å²) in [6, 6.07) is 16.5. The highest BCUT2D eigenvalue weighted by atomic mass is 16.6. The molecule has 0 spiro atoms. The number of hydrogen-bond acceptors (Lipinski definition) is 6. The summed E-state index contributed by atoms with van der Waals surface area (Å²) >= 11 is 0. The first-order chi connectivity index (χ1) is 19.6. The van der Waals surface area contributed by atoms with Crippen molar-refractivity contribution in [2.75, 3.05) is 46.0 Å². The molecule has 220 valence electrons. The molecule has 0 aromatic heterocycles. The third kappa shape index (κ3) is 6.67. The smallest absolute Gasteiger partial charge is 0.410 e. The molecule has 0 bridgehead atoms. The van der Waals surface area contributed by atoms with E-state index in [1.807, 2.05) is 45.0 Å². The van der Waals surface area contributed by atoms with Gasteiger partial charge in [-0.1, -0.05) is 48.5 Å². The number of carboxylic acid groups (broad SMARTS) is 1. The van der Waals surface area contributed by atoms with Gasteiger partial charge in [-0.05, 0) is 67.7 Å². The largest absolute Gasteiger partial charge is 0.480 e. The van der Waals surface area contributed by atoms with Crippen molar-refractivity contribution in [3.8, 4) is 11.1 Å². The lowest BCUT2D eigenvalue weighted by atomic mass is 9.79. The van der Waals surface area contributed by atoms with Crippen molar-refractivity contribution in [2.24, 2.45) is 17.8 Å². The highest BCUT2D eigenvalue weighted by molar-refractivity contribution is 5.79. The Morgan fingerprint density at radius 2 is 1.46 bits per heavy atom. The number of rotatable bonds is 7. The number of piperidine rings is 1. The van der Waals surface area contributed by atoms with Crippen molar-refractivity contribution in [3.05, 3.63) is 59.7 Å². The van der Waals surface area contributed by atoms with Crippen molar-refractivity contribution < 1.29 is 33.7 Å². The molecule has 2 saturated heterocycles. The number of carbonyl (C=O) groups is 3. The van der Waals surface area contributed by atoms with Crippen molar-refractivity contribution in [2.45, 2.75) is 45.1 Å². The molecule has 2 aromatic rings. The van der Waals surface area contributed by atoms with Crippen LogP contribution in [0.1, 0.15) is 50.7 Å². The molecule has 2 unspecified atom stereocenters. The van der Waals surface area contributed by atoms with Gasteiger partial charge in [0.25, 0.3) is 0 Å². The first-order valence-electron chi connectivity index (χ1n) is 14.5. The molecule has 0 radical (unpaired) electrons. The maximum Gasteiger partial charge on any atom is 0.410 e. The molecule has 2 atom stereocenters. The fourth-order valence-electron chi connectivity index (χ4n) is 6.58. The summed E-state index contributed by atoms with van der Waals surface area (Å²) in [5.41, 5.74) is 4.14. The molecule has 9 nitrogen and oxygen atoms in total. The fourth-order valence-corrected chi connectivity index (χ4v) is 6.58. The summed E-state index contributed by atoms with van der Waals surface area (Å²) in [7, 11) is 0. The van der Waals surface area contributed by atoms with Crippen LogP contribution in [0.5, 0.6) is 0 Å². The lowest BCUT2D eigenvalue weighted by Gasteiger charge is -2.37. The fraction of sp³-hybridized carbons (Fsp3) is 0.531. The summed E-state index contributed by atoms with van der Waals surface area (Å²) in [5, 5.41) is 9.06. The molecular weight excluding hydrogens is 524 g/mol. The van der Waals surface area contributed by atoms with Gasteiger partial charge in [0.05, 0.1) is 6.61 Å². The van der Waals surface area contributed by atoms with E-state index in [1.54, 1.807) is 9.80 Å². The number of likely N-dealkylation sites (tertiary alicyclic amines) is 2. The zero-order chi connectivity index (χ0) is 29.1. The number of amides is 2. The number of aliphatic carboxylic acids is 1. The first kappa shape index (κ1) is 28.9. The van der Waals surface area contributed by atoms with Crippen LogP contribution in [0.4, 0.5) is 9.59 Å². The summed E-state index contributed by atoms with van der Waals surface area (Å²) in [4.78, 5) is 40.4. The average molecular weight is 565 g/mol. The Morgan fingerprint density at radius 1 is 0.854 bits per heavy atom. The number of benzene rings is 2. The van der Waals surface area contributed by atoms with Gasteiger partial charge in [0.15, 0.2) is 0 Å². The molecule has 1 aliphatic carbocycles. The lowest BCUT2D eigenvalue weighted by molar-refractivity contribution is -0.142. The maximum absolute atomic E-state index is 13.4. The van der Waals surface area contributed by atoms with Crippen LogP contribution in [0.15, 0.2) is 48.5 Å². The zero-order valence-corrected chi connectivity index (χ0v) is 24.1. The predicted octanol–water partition coefficient (Wildman–Crippen LogP) is 5.23. The molecule has 0 saturated carbocycles. The second-order valence-corrected chi connectivity index (χ2v) is 12.3. The second-order valence-electron chi connectivity index (χ2n) is 12.3. The van der Waals surface area contributed by atoms with Gasteiger partial charge >= 0.3 is 18.2 Å². The van der Waals surface area contributed by atoms with E-state index in [0.717, 1.165) is 24.0 Å². The number of nitrogens with zero attached hydrogens (tertiary/aromatic N) is 2. The first-order valence-corrected chi connectivity index (χ1v) is 14.5. The van der Waals surface area contributed by atoms with Gasteiger partial charge < -0.3 is 29.1 Å². The molecule has 3 aliphatic rings. The van der Waals surface area contributed by atoms with Gasteiger partial charge in [-0.15, -0.1) is 0 Å². The average Bonchev–Trinajstić information content (AvgIpc) is 3.50. The standard InChI is InChI=1S/C32H40N2O7/c1-32(2,3)41-31(38)33-14-12-21(13-15-33)27-17-34(16-22(27)18-39-20-29(35)36)30(37)40-19-28-25-10-6-4-8-23(25)24-9-5-7-11-26(24)28/h4-11,21-22,27-28H,12-20H2,1-3H3,(H,35,36). The monoisotopic (exact) mass is 564 g/mol. The molecule has 9 heteroatoms. The van der Waals surface area contributed by atoms with E-state index >= 15 is 0 Å². The minimum Gasteiger partial charge on any atom is -0.480 e. The minimum absolute atomic E-state index is 0.00657. The van der Waals surface area contributed by atoms with E-state index < -0.39 is 11.6 Å². The molecule has 5 rings (SSSR count). The van der Waals surface area contributed by atoms with Crippen molar-refractivity contribution >= 4 is 18.2 Å². The van der Waals surface area contributed by atoms with Gasteiger partial charge in [0.2, 0.25) is 0 Å². The Balaban J connectivity index is 1.22. The molecule has 1 N–H and O–H groups in total. The van der Waals surface area contributed by atoms with E-state index in [4.69, 9.17) is 19.3 Å². The van der Waals surface area contributed by atoms with Crippen molar-refractivity contribution in [1.29, 1.82) is 0 Å². The van der Waals surface area contributed by atoms with Gasteiger partial charge in [-0.2, -0.15) is 0 Å². The molecule has 41 heavy (non-hydrogen) atoms. The number of fused-ring (bicyclic) bond motifs is 3. The van der Waals surface area contributed by atoms with Crippen LogP contribution in [0, 0.1) is 17.8 Å². The highest BCUT2D eigenvalue weighted by Crippen LogP contribution is 2.44. The Bertz CT molecular complexity index is 1220. The molecule has 2 heterocycles. The zero-order valence-electron chi connectivity index (χ0n) is 24.1. The SMILES string of the molecule is CC(C)(C)OC(=O)N1CCC(C2CN(C(=O)OCC3c4ccccc4-c4ccccc43)CC2COCC(=O)O)CC1. The van der Waals surface area contributed by atoms with E-state index in [1.165, 1.54) is 11.1 Å². The van der Waals surface area contributed by atoms with Gasteiger partial charge in [0.1, 0.15) is 18.8 Å². The van der Waals surface area contributed by atoms with Gasteiger partial charge in [0, 0.05) is 38.0 Å². The summed E-state index contributed by atoms with van der Waals surface area (Å²) in [6.07, 6.45) is 0.920. The van der Waals surface area contributed by atoms with Crippen LogP contribution in [0.25, 0.3) is 11.1 Å². The second kappa shape index (κ2) is 12.1. The normalized spacial score (nSPS) is 21.0. The van der Waals surface area contributed by atoms with E-state index in [-0.39, 0.29) is 55.7 Å². The number of ether oxygens (including phenoxy) is 3. The maximum atomic E-state index is 13.4. The minimum atomic E-state index is -1.02.